The Morgan fingerprint density at radius 3 is 2.56 bits per heavy atom. The smallest absolute Gasteiger partial charge is 0.224 e. The van der Waals surface area contributed by atoms with Gasteiger partial charge in [0.25, 0.3) is 0 Å². The number of ether oxygens (including phenoxy) is 2. The van der Waals surface area contributed by atoms with Gasteiger partial charge >= 0.3 is 0 Å². The minimum atomic E-state index is -3.68. The standard InChI is InChI=1S/C22H24Cl2N2O5S/c23-18-6-3-7-19(24)17(18)14-32(28,29)26-10-4-5-15(12-26)22(27)25-11-16-13-30-20-8-1-2-9-21(20)31-16/h1-3,6-9,15-16H,4-5,10-14H2,(H,25,27)/t15-,16-/m1/s1. The highest BCUT2D eigenvalue weighted by molar-refractivity contribution is 7.88. The molecule has 0 unspecified atom stereocenters. The SMILES string of the molecule is O=C(NC[C@@H]1COc2ccccc2O1)[C@@H]1CCCN(S(=O)(=O)Cc2c(Cl)cccc2Cl)C1. The molecule has 0 aliphatic carbocycles. The fraction of sp³-hybridized carbons (Fsp3) is 0.409. The van der Waals surface area contributed by atoms with E-state index in [1.165, 1.54) is 4.31 Å². The van der Waals surface area contributed by atoms with Crippen LogP contribution < -0.4 is 14.8 Å². The lowest BCUT2D eigenvalue weighted by atomic mass is 9.99. The zero-order chi connectivity index (χ0) is 22.7. The van der Waals surface area contributed by atoms with Crippen molar-refractivity contribution < 1.29 is 22.7 Å². The Morgan fingerprint density at radius 1 is 1.09 bits per heavy atom. The first-order valence-electron chi connectivity index (χ1n) is 10.4. The highest BCUT2D eigenvalue weighted by Gasteiger charge is 2.33. The van der Waals surface area contributed by atoms with Crippen LogP contribution in [0.25, 0.3) is 0 Å². The number of sulfonamides is 1. The molecule has 2 atom stereocenters. The Hall–Kier alpha value is -2.00. The van der Waals surface area contributed by atoms with E-state index in [9.17, 15) is 13.2 Å². The summed E-state index contributed by atoms with van der Waals surface area (Å²) < 4.78 is 38.9. The predicted molar refractivity (Wildman–Crippen MR) is 123 cm³/mol. The van der Waals surface area contributed by atoms with E-state index in [1.807, 2.05) is 24.3 Å². The van der Waals surface area contributed by atoms with Crippen molar-refractivity contribution in [3.05, 3.63) is 58.1 Å². The van der Waals surface area contributed by atoms with Gasteiger partial charge in [0, 0.05) is 28.7 Å². The summed E-state index contributed by atoms with van der Waals surface area (Å²) in [6.45, 7) is 1.11. The first kappa shape index (κ1) is 23.2. The number of nitrogens with zero attached hydrogens (tertiary/aromatic N) is 1. The molecule has 172 valence electrons. The Balaban J connectivity index is 1.34. The highest BCUT2D eigenvalue weighted by atomic mass is 35.5. The second-order valence-electron chi connectivity index (χ2n) is 7.90. The Morgan fingerprint density at radius 2 is 1.81 bits per heavy atom. The van der Waals surface area contributed by atoms with Gasteiger partial charge in [-0.05, 0) is 37.1 Å². The average molecular weight is 499 g/mol. The van der Waals surface area contributed by atoms with Crippen LogP contribution in [-0.4, -0.2) is 51.0 Å². The second kappa shape index (κ2) is 9.87. The van der Waals surface area contributed by atoms with Gasteiger partial charge < -0.3 is 14.8 Å². The topological polar surface area (TPSA) is 84.9 Å². The molecule has 2 heterocycles. The van der Waals surface area contributed by atoms with Crippen LogP contribution in [-0.2, 0) is 20.6 Å². The first-order valence-corrected chi connectivity index (χ1v) is 12.8. The van der Waals surface area contributed by atoms with Crippen molar-refractivity contribution in [2.24, 2.45) is 5.92 Å². The predicted octanol–water partition coefficient (Wildman–Crippen LogP) is 3.49. The number of halogens is 2. The summed E-state index contributed by atoms with van der Waals surface area (Å²) in [7, 11) is -3.68. The van der Waals surface area contributed by atoms with Crippen LogP contribution in [0.1, 0.15) is 18.4 Å². The summed E-state index contributed by atoms with van der Waals surface area (Å²) in [5.41, 5.74) is 0.372. The molecule has 0 spiro atoms. The van der Waals surface area contributed by atoms with Crippen molar-refractivity contribution in [2.75, 3.05) is 26.2 Å². The fourth-order valence-electron chi connectivity index (χ4n) is 3.88. The van der Waals surface area contributed by atoms with Crippen LogP contribution in [0, 0.1) is 5.92 Å². The van der Waals surface area contributed by atoms with Gasteiger partial charge in [-0.2, -0.15) is 0 Å². The molecule has 2 aromatic rings. The molecular weight excluding hydrogens is 475 g/mol. The summed E-state index contributed by atoms with van der Waals surface area (Å²) in [5, 5.41) is 3.50. The van der Waals surface area contributed by atoms with Crippen molar-refractivity contribution in [3.63, 3.8) is 0 Å². The van der Waals surface area contributed by atoms with Crippen LogP contribution in [0.2, 0.25) is 10.0 Å². The van der Waals surface area contributed by atoms with Gasteiger partial charge in [-0.3, -0.25) is 4.79 Å². The molecule has 1 fully saturated rings. The van der Waals surface area contributed by atoms with Gasteiger partial charge in [0.2, 0.25) is 15.9 Å². The van der Waals surface area contributed by atoms with Crippen LogP contribution in [0.4, 0.5) is 0 Å². The van der Waals surface area contributed by atoms with Crippen molar-refractivity contribution in [2.45, 2.75) is 24.7 Å². The number of amides is 1. The number of para-hydroxylation sites is 2. The van der Waals surface area contributed by atoms with Gasteiger partial charge in [0.1, 0.15) is 12.7 Å². The van der Waals surface area contributed by atoms with E-state index in [4.69, 9.17) is 32.7 Å². The number of nitrogens with one attached hydrogen (secondary N) is 1. The molecule has 4 rings (SSSR count). The Kier molecular flexibility index (Phi) is 7.14. The van der Waals surface area contributed by atoms with Crippen molar-refractivity contribution in [1.29, 1.82) is 0 Å². The molecule has 7 nitrogen and oxygen atoms in total. The molecule has 0 saturated carbocycles. The zero-order valence-corrected chi connectivity index (χ0v) is 19.6. The third-order valence-electron chi connectivity index (χ3n) is 5.61. The maximum atomic E-state index is 13.0. The fourth-order valence-corrected chi connectivity index (χ4v) is 6.24. The number of fused-ring (bicyclic) bond motifs is 1. The monoisotopic (exact) mass is 498 g/mol. The van der Waals surface area contributed by atoms with E-state index in [0.29, 0.717) is 53.1 Å². The summed E-state index contributed by atoms with van der Waals surface area (Å²) in [4.78, 5) is 12.8. The van der Waals surface area contributed by atoms with Gasteiger partial charge in [0.15, 0.2) is 11.5 Å². The minimum absolute atomic E-state index is 0.126. The number of hydrogen-bond acceptors (Lipinski definition) is 5. The minimum Gasteiger partial charge on any atom is -0.486 e. The normalized spacial score (nSPS) is 21.2. The molecule has 10 heteroatoms. The number of hydrogen-bond donors (Lipinski definition) is 1. The van der Waals surface area contributed by atoms with E-state index >= 15 is 0 Å². The molecule has 2 aromatic carbocycles. The summed E-state index contributed by atoms with van der Waals surface area (Å²) >= 11 is 12.3. The lowest BCUT2D eigenvalue weighted by Crippen LogP contribution is -2.48. The van der Waals surface area contributed by atoms with Gasteiger partial charge in [-0.1, -0.05) is 41.4 Å². The number of rotatable bonds is 6. The average Bonchev–Trinajstić information content (AvgIpc) is 2.80. The Labute approximate surface area is 197 Å². The van der Waals surface area contributed by atoms with E-state index in [0.717, 1.165) is 0 Å². The lowest BCUT2D eigenvalue weighted by molar-refractivity contribution is -0.126. The molecule has 32 heavy (non-hydrogen) atoms. The largest absolute Gasteiger partial charge is 0.486 e. The number of piperidine rings is 1. The van der Waals surface area contributed by atoms with Gasteiger partial charge in [0.05, 0.1) is 18.2 Å². The first-order chi connectivity index (χ1) is 15.3. The van der Waals surface area contributed by atoms with Crippen molar-refractivity contribution >= 4 is 39.1 Å². The molecule has 1 saturated heterocycles. The number of carbonyl (C=O) groups excluding carboxylic acids is 1. The van der Waals surface area contributed by atoms with Crippen LogP contribution >= 0.6 is 23.2 Å². The molecule has 0 aromatic heterocycles. The van der Waals surface area contributed by atoms with E-state index < -0.39 is 15.9 Å². The lowest BCUT2D eigenvalue weighted by Gasteiger charge is -2.32. The molecule has 1 amide bonds. The number of benzene rings is 2. The molecule has 2 aliphatic rings. The Bertz CT molecular complexity index is 1080. The summed E-state index contributed by atoms with van der Waals surface area (Å²) in [6.07, 6.45) is 0.916. The second-order valence-corrected chi connectivity index (χ2v) is 10.7. The molecule has 2 aliphatic heterocycles. The third kappa shape index (κ3) is 5.31. The van der Waals surface area contributed by atoms with E-state index in [2.05, 4.69) is 5.32 Å². The summed E-state index contributed by atoms with van der Waals surface area (Å²) in [5.74, 6) is 0.403. The van der Waals surface area contributed by atoms with Crippen LogP contribution in [0.3, 0.4) is 0 Å². The molecule has 0 radical (unpaired) electrons. The third-order valence-corrected chi connectivity index (χ3v) is 8.09. The van der Waals surface area contributed by atoms with Gasteiger partial charge in [-0.15, -0.1) is 0 Å². The number of carbonyl (C=O) groups is 1. The van der Waals surface area contributed by atoms with Gasteiger partial charge in [-0.25, -0.2) is 12.7 Å². The van der Waals surface area contributed by atoms with Crippen LogP contribution in [0.5, 0.6) is 11.5 Å². The molecule has 1 N–H and O–H groups in total. The molecular formula is C22H24Cl2N2O5S. The van der Waals surface area contributed by atoms with E-state index in [-0.39, 0.29) is 30.9 Å². The van der Waals surface area contributed by atoms with Crippen LogP contribution in [0.15, 0.2) is 42.5 Å². The van der Waals surface area contributed by atoms with Crippen molar-refractivity contribution in [3.8, 4) is 11.5 Å². The molecule has 0 bridgehead atoms. The van der Waals surface area contributed by atoms with Crippen molar-refractivity contribution in [1.82, 2.24) is 9.62 Å². The highest BCUT2D eigenvalue weighted by Crippen LogP contribution is 2.31. The maximum absolute atomic E-state index is 13.0. The zero-order valence-electron chi connectivity index (χ0n) is 17.3. The van der Waals surface area contributed by atoms with E-state index in [1.54, 1.807) is 18.2 Å². The quantitative estimate of drug-likeness (QED) is 0.658. The maximum Gasteiger partial charge on any atom is 0.224 e. The summed E-state index contributed by atoms with van der Waals surface area (Å²) in [6, 6.07) is 12.3.